The van der Waals surface area contributed by atoms with Crippen molar-refractivity contribution in [3.63, 3.8) is 0 Å². The van der Waals surface area contributed by atoms with Crippen molar-refractivity contribution >= 4 is 23.0 Å². The van der Waals surface area contributed by atoms with Gasteiger partial charge in [0.1, 0.15) is 5.71 Å². The van der Waals surface area contributed by atoms with E-state index < -0.39 is 0 Å². The van der Waals surface area contributed by atoms with Crippen LogP contribution < -0.4 is 10.7 Å². The second-order valence-corrected chi connectivity index (χ2v) is 2.69. The van der Waals surface area contributed by atoms with Crippen LogP contribution in [-0.4, -0.2) is 10.8 Å². The standard InChI is InChI=1S/C7H9N3S/c1-4(2)6-5(3)8-7(11)10-9-6/h1,3H2,2H3,(H2,8,10,11). The highest BCUT2D eigenvalue weighted by Gasteiger charge is 2.11. The maximum absolute atomic E-state index is 4.80. The van der Waals surface area contributed by atoms with Crippen molar-refractivity contribution in [3.05, 3.63) is 24.4 Å². The average Bonchev–Trinajstić information content (AvgIpc) is 1.85. The van der Waals surface area contributed by atoms with Crippen LogP contribution in [-0.2, 0) is 0 Å². The van der Waals surface area contributed by atoms with Crippen LogP contribution in [0.3, 0.4) is 0 Å². The lowest BCUT2D eigenvalue weighted by atomic mass is 10.1. The fourth-order valence-electron chi connectivity index (χ4n) is 0.751. The van der Waals surface area contributed by atoms with Crippen LogP contribution in [0.15, 0.2) is 29.5 Å². The predicted molar refractivity (Wildman–Crippen MR) is 50.3 cm³/mol. The molecule has 0 radical (unpaired) electrons. The number of hydrazone groups is 1. The summed E-state index contributed by atoms with van der Waals surface area (Å²) in [4.78, 5) is 0. The van der Waals surface area contributed by atoms with Crippen molar-refractivity contribution in [2.24, 2.45) is 5.10 Å². The van der Waals surface area contributed by atoms with Gasteiger partial charge in [0.15, 0.2) is 5.11 Å². The molecule has 0 aromatic carbocycles. The molecular formula is C7H9N3S. The third-order valence-corrected chi connectivity index (χ3v) is 1.42. The van der Waals surface area contributed by atoms with Crippen LogP contribution in [0.25, 0.3) is 0 Å². The number of allylic oxidation sites excluding steroid dienone is 1. The highest BCUT2D eigenvalue weighted by atomic mass is 32.1. The molecule has 0 bridgehead atoms. The van der Waals surface area contributed by atoms with Crippen molar-refractivity contribution in [1.82, 2.24) is 10.7 Å². The van der Waals surface area contributed by atoms with Gasteiger partial charge in [-0.15, -0.1) is 0 Å². The second kappa shape index (κ2) is 2.84. The number of thiocarbonyl (C=S) groups is 1. The summed E-state index contributed by atoms with van der Waals surface area (Å²) >= 11 is 4.80. The van der Waals surface area contributed by atoms with Crippen molar-refractivity contribution in [2.75, 3.05) is 0 Å². The number of hydrogen-bond donors (Lipinski definition) is 2. The Labute approximate surface area is 70.9 Å². The molecular weight excluding hydrogens is 158 g/mol. The largest absolute Gasteiger partial charge is 0.330 e. The summed E-state index contributed by atoms with van der Waals surface area (Å²) in [6, 6.07) is 0. The zero-order chi connectivity index (χ0) is 8.43. The van der Waals surface area contributed by atoms with Crippen LogP contribution >= 0.6 is 12.2 Å². The van der Waals surface area contributed by atoms with Gasteiger partial charge in [0.25, 0.3) is 0 Å². The average molecular weight is 167 g/mol. The Bertz CT molecular complexity index is 265. The molecule has 1 aliphatic rings. The minimum Gasteiger partial charge on any atom is -0.330 e. The van der Waals surface area contributed by atoms with Gasteiger partial charge in [-0.1, -0.05) is 13.2 Å². The summed E-state index contributed by atoms with van der Waals surface area (Å²) in [5.74, 6) is 0. The molecule has 0 amide bonds. The van der Waals surface area contributed by atoms with Crippen LogP contribution in [0.1, 0.15) is 6.92 Å². The smallest absolute Gasteiger partial charge is 0.191 e. The Morgan fingerprint density at radius 3 is 2.73 bits per heavy atom. The van der Waals surface area contributed by atoms with E-state index in [2.05, 4.69) is 29.0 Å². The Morgan fingerprint density at radius 1 is 1.64 bits per heavy atom. The van der Waals surface area contributed by atoms with Gasteiger partial charge >= 0.3 is 0 Å². The van der Waals surface area contributed by atoms with Gasteiger partial charge in [0.2, 0.25) is 0 Å². The quantitative estimate of drug-likeness (QED) is 0.570. The maximum atomic E-state index is 4.80. The molecule has 0 spiro atoms. The van der Waals surface area contributed by atoms with E-state index >= 15 is 0 Å². The van der Waals surface area contributed by atoms with E-state index in [4.69, 9.17) is 12.2 Å². The summed E-state index contributed by atoms with van der Waals surface area (Å²) < 4.78 is 0. The van der Waals surface area contributed by atoms with Gasteiger partial charge in [-0.2, -0.15) is 5.10 Å². The van der Waals surface area contributed by atoms with Crippen molar-refractivity contribution in [2.45, 2.75) is 6.92 Å². The van der Waals surface area contributed by atoms with E-state index in [0.717, 1.165) is 11.3 Å². The summed E-state index contributed by atoms with van der Waals surface area (Å²) in [5, 5.41) is 7.27. The van der Waals surface area contributed by atoms with Gasteiger partial charge in [-0.25, -0.2) is 0 Å². The number of nitrogens with one attached hydrogen (secondary N) is 2. The lowest BCUT2D eigenvalue weighted by molar-refractivity contribution is 0.948. The molecule has 58 valence electrons. The van der Waals surface area contributed by atoms with Gasteiger partial charge in [0.05, 0.1) is 5.70 Å². The van der Waals surface area contributed by atoms with Crippen LogP contribution in [0.5, 0.6) is 0 Å². The lowest BCUT2D eigenvalue weighted by Gasteiger charge is -2.17. The molecule has 0 saturated carbocycles. The van der Waals surface area contributed by atoms with E-state index in [1.165, 1.54) is 0 Å². The third-order valence-electron chi connectivity index (χ3n) is 1.22. The predicted octanol–water partition coefficient (Wildman–Crippen LogP) is 0.910. The van der Waals surface area contributed by atoms with Crippen molar-refractivity contribution in [1.29, 1.82) is 0 Å². The van der Waals surface area contributed by atoms with Crippen molar-refractivity contribution in [3.8, 4) is 0 Å². The lowest BCUT2D eigenvalue weighted by Crippen LogP contribution is -2.39. The van der Waals surface area contributed by atoms with Crippen LogP contribution in [0, 0.1) is 0 Å². The monoisotopic (exact) mass is 167 g/mol. The third kappa shape index (κ3) is 1.65. The molecule has 0 unspecified atom stereocenters. The molecule has 0 aliphatic carbocycles. The molecule has 0 fully saturated rings. The van der Waals surface area contributed by atoms with E-state index in [9.17, 15) is 0 Å². The summed E-state index contributed by atoms with van der Waals surface area (Å²) in [6.07, 6.45) is 0. The SMILES string of the molecule is C=C(C)C1=NNC(=S)NC1=C. The first-order chi connectivity index (χ1) is 5.11. The Hall–Kier alpha value is -1.16. The minimum absolute atomic E-state index is 0.472. The Kier molecular flexibility index (Phi) is 2.05. The highest BCUT2D eigenvalue weighted by Crippen LogP contribution is 2.03. The van der Waals surface area contributed by atoms with Crippen LogP contribution in [0.2, 0.25) is 0 Å². The highest BCUT2D eigenvalue weighted by molar-refractivity contribution is 7.80. The minimum atomic E-state index is 0.472. The molecule has 1 rings (SSSR count). The van der Waals surface area contributed by atoms with E-state index in [1.54, 1.807) is 0 Å². The number of hydrogen-bond acceptors (Lipinski definition) is 2. The topological polar surface area (TPSA) is 36.4 Å². The molecule has 1 heterocycles. The Morgan fingerprint density at radius 2 is 2.27 bits per heavy atom. The first-order valence-corrected chi connectivity index (χ1v) is 3.52. The first-order valence-electron chi connectivity index (χ1n) is 3.11. The molecule has 0 aromatic heterocycles. The maximum Gasteiger partial charge on any atom is 0.191 e. The Balaban J connectivity index is 2.89. The molecule has 0 aromatic rings. The number of nitrogens with zero attached hydrogens (tertiary/aromatic N) is 1. The molecule has 1 aliphatic heterocycles. The molecule has 2 N–H and O–H groups in total. The first kappa shape index (κ1) is 7.94. The molecule has 0 saturated heterocycles. The zero-order valence-corrected chi connectivity index (χ0v) is 7.09. The molecule has 0 atom stereocenters. The zero-order valence-electron chi connectivity index (χ0n) is 6.27. The normalized spacial score (nSPS) is 16.6. The van der Waals surface area contributed by atoms with E-state index in [0.29, 0.717) is 10.8 Å². The second-order valence-electron chi connectivity index (χ2n) is 2.29. The molecule has 3 nitrogen and oxygen atoms in total. The molecule has 4 heteroatoms. The van der Waals surface area contributed by atoms with Crippen LogP contribution in [0.4, 0.5) is 0 Å². The fourth-order valence-corrected chi connectivity index (χ4v) is 0.920. The van der Waals surface area contributed by atoms with E-state index in [-0.39, 0.29) is 0 Å². The van der Waals surface area contributed by atoms with Gasteiger partial charge in [-0.05, 0) is 24.7 Å². The fraction of sp³-hybridized carbons (Fsp3) is 0.143. The summed E-state index contributed by atoms with van der Waals surface area (Å²) in [5.41, 5.74) is 4.92. The molecule has 11 heavy (non-hydrogen) atoms. The van der Waals surface area contributed by atoms with Gasteiger partial charge in [0, 0.05) is 0 Å². The van der Waals surface area contributed by atoms with Crippen molar-refractivity contribution < 1.29 is 0 Å². The van der Waals surface area contributed by atoms with Gasteiger partial charge < -0.3 is 5.32 Å². The number of rotatable bonds is 1. The van der Waals surface area contributed by atoms with E-state index in [1.807, 2.05) is 6.92 Å². The summed E-state index contributed by atoms with van der Waals surface area (Å²) in [7, 11) is 0. The summed E-state index contributed by atoms with van der Waals surface area (Å²) in [6.45, 7) is 9.34. The van der Waals surface area contributed by atoms with Gasteiger partial charge in [-0.3, -0.25) is 5.43 Å².